The molecule has 1 aliphatic rings. The molecule has 3 rings (SSSR count). The fourth-order valence-electron chi connectivity index (χ4n) is 2.11. The summed E-state index contributed by atoms with van der Waals surface area (Å²) in [6, 6.07) is 3.52. The van der Waals surface area contributed by atoms with Gasteiger partial charge in [-0.3, -0.25) is 0 Å². The molecule has 0 amide bonds. The molecule has 2 aromatic rings. The zero-order valence-corrected chi connectivity index (χ0v) is 11.2. The van der Waals surface area contributed by atoms with Crippen molar-refractivity contribution in [3.8, 4) is 0 Å². The molecule has 1 fully saturated rings. The van der Waals surface area contributed by atoms with Crippen molar-refractivity contribution in [3.63, 3.8) is 0 Å². The van der Waals surface area contributed by atoms with Gasteiger partial charge in [-0.2, -0.15) is 5.10 Å². The van der Waals surface area contributed by atoms with E-state index >= 15 is 0 Å². The van der Waals surface area contributed by atoms with E-state index in [1.165, 1.54) is 6.42 Å². The van der Waals surface area contributed by atoms with E-state index in [-0.39, 0.29) is 6.23 Å². The van der Waals surface area contributed by atoms with Crippen LogP contribution in [0, 0.1) is 0 Å². The number of aromatic nitrogens is 3. The Morgan fingerprint density at radius 2 is 2.37 bits per heavy atom. The lowest BCUT2D eigenvalue weighted by Gasteiger charge is -2.22. The van der Waals surface area contributed by atoms with Crippen molar-refractivity contribution >= 4 is 23.1 Å². The van der Waals surface area contributed by atoms with Gasteiger partial charge in [-0.05, 0) is 31.4 Å². The molecule has 0 radical (unpaired) electrons. The standard InChI is InChI=1S/C13H15ClN4O/c14-10-4-5-15-12(7-10)17-11-8-16-18(9-11)13-3-1-2-6-19-13/h4-5,7-9,13H,1-3,6H2,(H,15,17). The van der Waals surface area contributed by atoms with Gasteiger partial charge in [-0.25, -0.2) is 9.67 Å². The van der Waals surface area contributed by atoms with Crippen LogP contribution in [-0.4, -0.2) is 21.4 Å². The lowest BCUT2D eigenvalue weighted by molar-refractivity contribution is -0.0394. The summed E-state index contributed by atoms with van der Waals surface area (Å²) < 4.78 is 7.54. The summed E-state index contributed by atoms with van der Waals surface area (Å²) in [5.74, 6) is 0.705. The SMILES string of the molecule is Clc1ccnc(Nc2cnn(C3CCCCO3)c2)c1. The first-order chi connectivity index (χ1) is 9.31. The zero-order valence-electron chi connectivity index (χ0n) is 10.4. The minimum absolute atomic E-state index is 0.0524. The Kier molecular flexibility index (Phi) is 3.66. The van der Waals surface area contributed by atoms with Crippen LogP contribution in [0.25, 0.3) is 0 Å². The molecular weight excluding hydrogens is 264 g/mol. The van der Waals surface area contributed by atoms with Crippen LogP contribution >= 0.6 is 11.6 Å². The summed E-state index contributed by atoms with van der Waals surface area (Å²) in [7, 11) is 0. The van der Waals surface area contributed by atoms with Gasteiger partial charge in [0.05, 0.1) is 18.1 Å². The molecule has 5 nitrogen and oxygen atoms in total. The predicted octanol–water partition coefficient (Wildman–Crippen LogP) is 3.37. The number of halogens is 1. The zero-order chi connectivity index (χ0) is 13.1. The van der Waals surface area contributed by atoms with Crippen molar-refractivity contribution < 1.29 is 4.74 Å². The number of nitrogens with one attached hydrogen (secondary N) is 1. The molecule has 0 spiro atoms. The van der Waals surface area contributed by atoms with E-state index in [2.05, 4.69) is 15.4 Å². The van der Waals surface area contributed by atoms with E-state index < -0.39 is 0 Å². The Bertz CT molecular complexity index is 551. The third-order valence-electron chi connectivity index (χ3n) is 3.05. The number of anilines is 2. The Morgan fingerprint density at radius 3 is 3.16 bits per heavy atom. The van der Waals surface area contributed by atoms with E-state index in [4.69, 9.17) is 16.3 Å². The number of ether oxygens (including phenoxy) is 1. The summed E-state index contributed by atoms with van der Waals surface area (Å²) in [6.45, 7) is 0.809. The molecule has 1 N–H and O–H groups in total. The van der Waals surface area contributed by atoms with Crippen LogP contribution in [0.4, 0.5) is 11.5 Å². The fourth-order valence-corrected chi connectivity index (χ4v) is 2.27. The van der Waals surface area contributed by atoms with Gasteiger partial charge in [-0.1, -0.05) is 11.6 Å². The van der Waals surface area contributed by atoms with Crippen molar-refractivity contribution in [3.05, 3.63) is 35.7 Å². The minimum Gasteiger partial charge on any atom is -0.357 e. The molecule has 1 saturated heterocycles. The van der Waals surface area contributed by atoms with Gasteiger partial charge in [0.15, 0.2) is 0 Å². The third-order valence-corrected chi connectivity index (χ3v) is 3.28. The lowest BCUT2D eigenvalue weighted by atomic mass is 10.2. The fraction of sp³-hybridized carbons (Fsp3) is 0.385. The lowest BCUT2D eigenvalue weighted by Crippen LogP contribution is -2.18. The minimum atomic E-state index is 0.0524. The van der Waals surface area contributed by atoms with Gasteiger partial charge in [-0.15, -0.1) is 0 Å². The molecule has 2 aromatic heterocycles. The normalized spacial score (nSPS) is 19.3. The van der Waals surface area contributed by atoms with Crippen LogP contribution in [0.15, 0.2) is 30.7 Å². The molecule has 1 aliphatic heterocycles. The van der Waals surface area contributed by atoms with Gasteiger partial charge in [0.25, 0.3) is 0 Å². The van der Waals surface area contributed by atoms with Crippen molar-refractivity contribution in [1.29, 1.82) is 0 Å². The van der Waals surface area contributed by atoms with E-state index in [1.807, 2.05) is 10.9 Å². The number of nitrogens with zero attached hydrogens (tertiary/aromatic N) is 3. The molecule has 1 unspecified atom stereocenters. The van der Waals surface area contributed by atoms with Crippen LogP contribution in [0.1, 0.15) is 25.5 Å². The number of pyridine rings is 1. The summed E-state index contributed by atoms with van der Waals surface area (Å²) in [4.78, 5) is 4.19. The second kappa shape index (κ2) is 5.59. The average Bonchev–Trinajstić information content (AvgIpc) is 2.88. The first-order valence-corrected chi connectivity index (χ1v) is 6.73. The second-order valence-corrected chi connectivity index (χ2v) is 4.95. The van der Waals surface area contributed by atoms with Gasteiger partial charge in [0, 0.05) is 17.8 Å². The van der Waals surface area contributed by atoms with Crippen LogP contribution in [0.2, 0.25) is 5.02 Å². The Labute approximate surface area is 116 Å². The van der Waals surface area contributed by atoms with E-state index in [1.54, 1.807) is 24.5 Å². The van der Waals surface area contributed by atoms with Crippen molar-refractivity contribution in [2.75, 3.05) is 11.9 Å². The average molecular weight is 279 g/mol. The van der Waals surface area contributed by atoms with E-state index in [0.717, 1.165) is 25.1 Å². The molecule has 19 heavy (non-hydrogen) atoms. The molecule has 6 heteroatoms. The van der Waals surface area contributed by atoms with Crippen molar-refractivity contribution in [2.45, 2.75) is 25.5 Å². The van der Waals surface area contributed by atoms with Gasteiger partial charge < -0.3 is 10.1 Å². The summed E-state index contributed by atoms with van der Waals surface area (Å²) in [5, 5.41) is 8.15. The van der Waals surface area contributed by atoms with Gasteiger partial charge >= 0.3 is 0 Å². The monoisotopic (exact) mass is 278 g/mol. The number of hydrogen-bond acceptors (Lipinski definition) is 4. The number of hydrogen-bond donors (Lipinski definition) is 1. The maximum atomic E-state index is 5.92. The van der Waals surface area contributed by atoms with E-state index in [9.17, 15) is 0 Å². The predicted molar refractivity (Wildman–Crippen MR) is 73.6 cm³/mol. The highest BCUT2D eigenvalue weighted by Crippen LogP contribution is 2.24. The van der Waals surface area contributed by atoms with Crippen molar-refractivity contribution in [2.24, 2.45) is 0 Å². The highest BCUT2D eigenvalue weighted by molar-refractivity contribution is 6.30. The topological polar surface area (TPSA) is 52.0 Å². The second-order valence-electron chi connectivity index (χ2n) is 4.51. The Hall–Kier alpha value is -1.59. The highest BCUT2D eigenvalue weighted by Gasteiger charge is 2.16. The summed E-state index contributed by atoms with van der Waals surface area (Å²) in [5.41, 5.74) is 0.879. The molecule has 0 aliphatic carbocycles. The smallest absolute Gasteiger partial charge is 0.150 e. The maximum Gasteiger partial charge on any atom is 0.150 e. The molecule has 1 atom stereocenters. The Balaban J connectivity index is 1.70. The third kappa shape index (κ3) is 3.05. The quantitative estimate of drug-likeness (QED) is 0.935. The highest BCUT2D eigenvalue weighted by atomic mass is 35.5. The molecular formula is C13H15ClN4O. The van der Waals surface area contributed by atoms with Crippen LogP contribution in [0.5, 0.6) is 0 Å². The van der Waals surface area contributed by atoms with Crippen LogP contribution in [0.3, 0.4) is 0 Å². The summed E-state index contributed by atoms with van der Waals surface area (Å²) >= 11 is 5.92. The van der Waals surface area contributed by atoms with Crippen LogP contribution in [-0.2, 0) is 4.74 Å². The molecule has 0 bridgehead atoms. The largest absolute Gasteiger partial charge is 0.357 e. The molecule has 100 valence electrons. The van der Waals surface area contributed by atoms with Gasteiger partial charge in [0.2, 0.25) is 0 Å². The molecule has 0 aromatic carbocycles. The first-order valence-electron chi connectivity index (χ1n) is 6.35. The first kappa shape index (κ1) is 12.4. The van der Waals surface area contributed by atoms with Crippen molar-refractivity contribution in [1.82, 2.24) is 14.8 Å². The van der Waals surface area contributed by atoms with Gasteiger partial charge in [0.1, 0.15) is 12.0 Å². The Morgan fingerprint density at radius 1 is 1.42 bits per heavy atom. The maximum absolute atomic E-state index is 5.92. The van der Waals surface area contributed by atoms with Crippen LogP contribution < -0.4 is 5.32 Å². The number of rotatable bonds is 3. The summed E-state index contributed by atoms with van der Waals surface area (Å²) in [6.07, 6.45) is 8.74. The molecule has 0 saturated carbocycles. The molecule has 3 heterocycles. The van der Waals surface area contributed by atoms with E-state index in [0.29, 0.717) is 10.8 Å².